The van der Waals surface area contributed by atoms with E-state index in [-0.39, 0.29) is 32.0 Å². The average molecular weight is 591 g/mol. The number of esters is 1. The van der Waals surface area contributed by atoms with Gasteiger partial charge in [0.1, 0.15) is 6.54 Å². The van der Waals surface area contributed by atoms with Crippen LogP contribution in [0.2, 0.25) is 0 Å². The predicted octanol–water partition coefficient (Wildman–Crippen LogP) is 3.02. The van der Waals surface area contributed by atoms with Gasteiger partial charge >= 0.3 is 12.0 Å². The number of benzene rings is 2. The Morgan fingerprint density at radius 1 is 1.00 bits per heavy atom. The highest BCUT2D eigenvalue weighted by molar-refractivity contribution is 5.91. The highest BCUT2D eigenvalue weighted by atomic mass is 16.7. The second-order valence-corrected chi connectivity index (χ2v) is 10.4. The molecular weight excluding hydrogens is 552 g/mol. The number of hydrogen-bond acceptors (Lipinski definition) is 10. The summed E-state index contributed by atoms with van der Waals surface area (Å²) in [5.41, 5.74) is 3.14. The molecule has 228 valence electrons. The lowest BCUT2D eigenvalue weighted by Gasteiger charge is -2.40. The molecule has 2 fully saturated rings. The number of nitrogens with one attached hydrogen (secondary N) is 2. The molecule has 0 unspecified atom stereocenters. The topological polar surface area (TPSA) is 138 Å². The molecule has 2 amide bonds. The van der Waals surface area contributed by atoms with E-state index in [2.05, 4.69) is 30.4 Å². The number of aliphatic hydroxyl groups is 1. The van der Waals surface area contributed by atoms with Crippen molar-refractivity contribution in [2.24, 2.45) is 0 Å². The summed E-state index contributed by atoms with van der Waals surface area (Å²) in [6, 6.07) is 16.4. The van der Waals surface area contributed by atoms with E-state index in [1.165, 1.54) is 0 Å². The molecule has 2 aliphatic rings. The van der Waals surface area contributed by atoms with Crippen LogP contribution in [0.25, 0.3) is 0 Å². The minimum atomic E-state index is -0.662. The lowest BCUT2D eigenvalue weighted by molar-refractivity contribution is -0.253. The molecule has 2 saturated heterocycles. The fraction of sp³-hybridized carbons (Fsp3) is 0.419. The van der Waals surface area contributed by atoms with Gasteiger partial charge in [-0.25, -0.2) is 14.8 Å². The zero-order valence-electron chi connectivity index (χ0n) is 24.2. The molecule has 5 rings (SSSR count). The molecule has 43 heavy (non-hydrogen) atoms. The molecule has 12 heteroatoms. The van der Waals surface area contributed by atoms with Gasteiger partial charge in [-0.1, -0.05) is 36.4 Å². The van der Waals surface area contributed by atoms with Crippen molar-refractivity contribution in [1.29, 1.82) is 0 Å². The van der Waals surface area contributed by atoms with Crippen molar-refractivity contribution in [2.45, 2.75) is 38.4 Å². The number of ether oxygens (including phenoxy) is 3. The van der Waals surface area contributed by atoms with Gasteiger partial charge in [-0.3, -0.25) is 9.69 Å². The van der Waals surface area contributed by atoms with Gasteiger partial charge in [0.25, 0.3) is 0 Å². The van der Waals surface area contributed by atoms with Crippen LogP contribution in [-0.2, 0) is 25.6 Å². The zero-order valence-corrected chi connectivity index (χ0v) is 24.2. The minimum absolute atomic E-state index is 0.0205. The molecule has 0 spiro atoms. The van der Waals surface area contributed by atoms with Crippen molar-refractivity contribution in [1.82, 2.24) is 20.2 Å². The summed E-state index contributed by atoms with van der Waals surface area (Å²) in [6.45, 7) is 5.83. The van der Waals surface area contributed by atoms with E-state index in [1.807, 2.05) is 48.5 Å². The Hall–Kier alpha value is -4.10. The Morgan fingerprint density at radius 3 is 2.49 bits per heavy atom. The summed E-state index contributed by atoms with van der Waals surface area (Å²) in [5.74, 6) is 0.244. The van der Waals surface area contributed by atoms with Crippen LogP contribution in [0.15, 0.2) is 67.0 Å². The van der Waals surface area contributed by atoms with E-state index >= 15 is 0 Å². The molecule has 3 N–H and O–H groups in total. The summed E-state index contributed by atoms with van der Waals surface area (Å²) < 4.78 is 17.8. The number of carbonyl (C=O) groups excluding carboxylic acids is 2. The first-order chi connectivity index (χ1) is 21.0. The smallest absolute Gasteiger partial charge is 0.325 e. The number of aromatic nitrogens is 2. The van der Waals surface area contributed by atoms with E-state index < -0.39 is 18.3 Å². The van der Waals surface area contributed by atoms with E-state index in [0.717, 1.165) is 55.4 Å². The summed E-state index contributed by atoms with van der Waals surface area (Å²) >= 11 is 0. The maximum Gasteiger partial charge on any atom is 0.325 e. The maximum absolute atomic E-state index is 12.4. The average Bonchev–Trinajstić information content (AvgIpc) is 3.05. The first-order valence-corrected chi connectivity index (χ1v) is 14.6. The zero-order chi connectivity index (χ0) is 30.0. The Morgan fingerprint density at radius 2 is 1.77 bits per heavy atom. The van der Waals surface area contributed by atoms with Gasteiger partial charge in [0.05, 0.1) is 25.4 Å². The van der Waals surface area contributed by atoms with Gasteiger partial charge in [-0.05, 0) is 36.2 Å². The van der Waals surface area contributed by atoms with Crippen LogP contribution >= 0.6 is 0 Å². The van der Waals surface area contributed by atoms with Crippen LogP contribution in [-0.4, -0.2) is 84.0 Å². The maximum atomic E-state index is 12.4. The van der Waals surface area contributed by atoms with Crippen molar-refractivity contribution in [2.75, 3.05) is 56.1 Å². The summed E-state index contributed by atoms with van der Waals surface area (Å²) in [4.78, 5) is 37.3. The van der Waals surface area contributed by atoms with E-state index in [9.17, 15) is 14.7 Å². The van der Waals surface area contributed by atoms with Gasteiger partial charge in [0.15, 0.2) is 6.29 Å². The van der Waals surface area contributed by atoms with Crippen LogP contribution in [0, 0.1) is 0 Å². The molecule has 0 aliphatic carbocycles. The molecule has 3 aromatic rings. The van der Waals surface area contributed by atoms with Crippen molar-refractivity contribution >= 4 is 23.6 Å². The first-order valence-electron chi connectivity index (χ1n) is 14.6. The Bertz CT molecular complexity index is 1340. The molecule has 2 aromatic carbocycles. The van der Waals surface area contributed by atoms with Gasteiger partial charge < -0.3 is 34.9 Å². The minimum Gasteiger partial charge on any atom is -0.465 e. The lowest BCUT2D eigenvalue weighted by atomic mass is 9.99. The normalized spacial score (nSPS) is 20.8. The molecule has 1 aromatic heterocycles. The van der Waals surface area contributed by atoms with E-state index in [4.69, 9.17) is 14.2 Å². The number of anilines is 2. The van der Waals surface area contributed by atoms with Crippen molar-refractivity contribution in [3.63, 3.8) is 0 Å². The number of aliphatic hydroxyl groups excluding tert-OH is 1. The van der Waals surface area contributed by atoms with E-state index in [0.29, 0.717) is 12.1 Å². The van der Waals surface area contributed by atoms with Crippen LogP contribution in [0.5, 0.6) is 0 Å². The second kappa shape index (κ2) is 14.9. The highest BCUT2D eigenvalue weighted by Crippen LogP contribution is 2.38. The SMILES string of the molecule is CCOC(=O)CNC(=O)Nc1cccc([C@H]2O[C@@H](CN3CCN(c4ncccn4)CC3)C[C@@H](c3ccc(CO)cc3)O2)c1. The van der Waals surface area contributed by atoms with Crippen molar-refractivity contribution < 1.29 is 28.9 Å². The van der Waals surface area contributed by atoms with Gasteiger partial charge in [-0.15, -0.1) is 0 Å². The number of urea groups is 1. The molecule has 3 heterocycles. The van der Waals surface area contributed by atoms with Crippen LogP contribution in [0.3, 0.4) is 0 Å². The van der Waals surface area contributed by atoms with E-state index in [1.54, 1.807) is 25.4 Å². The largest absolute Gasteiger partial charge is 0.465 e. The molecule has 3 atom stereocenters. The molecule has 2 aliphatic heterocycles. The fourth-order valence-electron chi connectivity index (χ4n) is 5.21. The van der Waals surface area contributed by atoms with Crippen molar-refractivity contribution in [3.8, 4) is 0 Å². The number of nitrogens with zero attached hydrogens (tertiary/aromatic N) is 4. The molecular formula is C31H38N6O6. The van der Waals surface area contributed by atoms with Gasteiger partial charge in [-0.2, -0.15) is 0 Å². The number of carbonyl (C=O) groups is 2. The molecule has 0 radical (unpaired) electrons. The molecule has 12 nitrogen and oxygen atoms in total. The number of hydrogen-bond donors (Lipinski definition) is 3. The quantitative estimate of drug-likeness (QED) is 0.302. The van der Waals surface area contributed by atoms with Crippen LogP contribution in [0.1, 0.15) is 42.4 Å². The number of piperazine rings is 1. The summed E-state index contributed by atoms with van der Waals surface area (Å²) in [7, 11) is 0. The Kier molecular flexibility index (Phi) is 10.5. The lowest BCUT2D eigenvalue weighted by Crippen LogP contribution is -2.50. The number of amides is 2. The Balaban J connectivity index is 1.26. The van der Waals surface area contributed by atoms with Crippen LogP contribution in [0.4, 0.5) is 16.4 Å². The standard InChI is InChI=1S/C31H38N6O6/c1-2-41-28(39)19-34-31(40)35-25-6-3-5-24(17-25)29-42-26(18-27(43-29)23-9-7-22(21-38)8-10-23)20-36-13-15-37(16-14-36)30-32-11-4-12-33-30/h3-12,17,26-27,29,38H,2,13-16,18-21H2,1H3,(H2,34,35,40)/t26-,27+,29+/m1/s1. The molecule has 0 saturated carbocycles. The monoisotopic (exact) mass is 590 g/mol. The highest BCUT2D eigenvalue weighted by Gasteiger charge is 2.34. The van der Waals surface area contributed by atoms with Crippen LogP contribution < -0.4 is 15.5 Å². The van der Waals surface area contributed by atoms with Gasteiger partial charge in [0, 0.05) is 62.8 Å². The van der Waals surface area contributed by atoms with Crippen molar-refractivity contribution in [3.05, 3.63) is 83.7 Å². The predicted molar refractivity (Wildman–Crippen MR) is 159 cm³/mol. The molecule has 0 bridgehead atoms. The Labute approximate surface area is 251 Å². The third-order valence-corrected chi connectivity index (χ3v) is 7.40. The van der Waals surface area contributed by atoms with Gasteiger partial charge in [0.2, 0.25) is 5.95 Å². The first kappa shape index (κ1) is 30.4. The third-order valence-electron chi connectivity index (χ3n) is 7.40. The third kappa shape index (κ3) is 8.48. The fourth-order valence-corrected chi connectivity index (χ4v) is 5.21. The number of rotatable bonds is 10. The second-order valence-electron chi connectivity index (χ2n) is 10.4. The summed E-state index contributed by atoms with van der Waals surface area (Å²) in [5, 5.41) is 14.7. The summed E-state index contributed by atoms with van der Waals surface area (Å²) in [6.07, 6.45) is 3.21.